The van der Waals surface area contributed by atoms with E-state index >= 15 is 0 Å². The fourth-order valence-corrected chi connectivity index (χ4v) is 1.12. The first-order chi connectivity index (χ1) is 3.55. The van der Waals surface area contributed by atoms with Crippen LogP contribution in [-0.2, 0) is 0 Å². The summed E-state index contributed by atoms with van der Waals surface area (Å²) in [4.78, 5) is 0. The average Bonchev–Trinajstić information content (AvgIpc) is 1.64. The monoisotopic (exact) mass is 248 g/mol. The molecule has 8 heavy (non-hydrogen) atoms. The van der Waals surface area contributed by atoms with Crippen LogP contribution in [0.2, 0.25) is 0 Å². The minimum atomic E-state index is -1.19. The van der Waals surface area contributed by atoms with E-state index < -0.39 is 16.1 Å². The van der Waals surface area contributed by atoms with Crippen molar-refractivity contribution < 1.29 is 15.3 Å². The van der Waals surface area contributed by atoms with Crippen LogP contribution in [0.1, 0.15) is 0 Å². The van der Waals surface area contributed by atoms with Gasteiger partial charge in [-0.1, -0.05) is 31.9 Å². The quantitative estimate of drug-likeness (QED) is 0.593. The average molecular weight is 250 g/mol. The lowest BCUT2D eigenvalue weighted by Gasteiger charge is -2.12. The third-order valence-corrected chi connectivity index (χ3v) is 1.65. The van der Waals surface area contributed by atoms with Crippen molar-refractivity contribution in [1.29, 1.82) is 0 Å². The SMILES string of the molecule is OC(Br)C(O)C(O)Br. The highest BCUT2D eigenvalue weighted by atomic mass is 79.9. The second kappa shape index (κ2) is 3.79. The predicted molar refractivity (Wildman–Crippen MR) is 35.9 cm³/mol. The molecule has 0 saturated heterocycles. The molecule has 0 aliphatic heterocycles. The molecule has 50 valence electrons. The minimum absolute atomic E-state index is 1.09. The number of alkyl halides is 2. The van der Waals surface area contributed by atoms with Crippen molar-refractivity contribution in [2.45, 2.75) is 16.1 Å². The van der Waals surface area contributed by atoms with Crippen molar-refractivity contribution in [3.8, 4) is 0 Å². The molecule has 0 aromatic carbocycles. The van der Waals surface area contributed by atoms with Gasteiger partial charge in [-0.15, -0.1) is 0 Å². The van der Waals surface area contributed by atoms with E-state index in [4.69, 9.17) is 15.3 Å². The normalized spacial score (nSPS) is 22.1. The highest BCUT2D eigenvalue weighted by Gasteiger charge is 2.18. The van der Waals surface area contributed by atoms with Crippen LogP contribution in [0.15, 0.2) is 0 Å². The molecule has 3 N–H and O–H groups in total. The molecule has 0 saturated carbocycles. The van der Waals surface area contributed by atoms with Gasteiger partial charge in [-0.25, -0.2) is 0 Å². The Hall–Kier alpha value is 0.840. The summed E-state index contributed by atoms with van der Waals surface area (Å²) in [6.45, 7) is 0. The fraction of sp³-hybridized carbons (Fsp3) is 1.00. The molecule has 0 fully saturated rings. The molecule has 2 atom stereocenters. The smallest absolute Gasteiger partial charge is 0.138 e. The Morgan fingerprint density at radius 1 is 0.875 bits per heavy atom. The Bertz CT molecular complexity index is 57.5. The Labute approximate surface area is 63.6 Å². The standard InChI is InChI=1S/C3H6Br2O3/c4-2(7)1(6)3(5)8/h1-3,6-8H. The van der Waals surface area contributed by atoms with Crippen LogP contribution in [-0.4, -0.2) is 31.5 Å². The third-order valence-electron chi connectivity index (χ3n) is 0.564. The summed E-state index contributed by atoms with van der Waals surface area (Å²) in [6.07, 6.45) is -1.19. The Morgan fingerprint density at radius 2 is 1.12 bits per heavy atom. The topological polar surface area (TPSA) is 60.7 Å². The van der Waals surface area contributed by atoms with Gasteiger partial charge in [-0.3, -0.25) is 0 Å². The molecule has 0 aromatic rings. The zero-order valence-corrected chi connectivity index (χ0v) is 7.00. The van der Waals surface area contributed by atoms with E-state index in [0.717, 1.165) is 0 Å². The second-order valence-corrected chi connectivity index (χ2v) is 3.11. The van der Waals surface area contributed by atoms with Gasteiger partial charge >= 0.3 is 0 Å². The Kier molecular flexibility index (Phi) is 4.19. The van der Waals surface area contributed by atoms with Gasteiger partial charge in [0.05, 0.1) is 0 Å². The van der Waals surface area contributed by atoms with Gasteiger partial charge in [0.2, 0.25) is 0 Å². The van der Waals surface area contributed by atoms with Gasteiger partial charge in [0.15, 0.2) is 0 Å². The third kappa shape index (κ3) is 2.99. The van der Waals surface area contributed by atoms with Crippen LogP contribution in [0.25, 0.3) is 0 Å². The predicted octanol–water partition coefficient (Wildman–Crippen LogP) is -0.226. The van der Waals surface area contributed by atoms with Gasteiger partial charge in [0.1, 0.15) is 16.1 Å². The van der Waals surface area contributed by atoms with Crippen LogP contribution < -0.4 is 0 Å². The van der Waals surface area contributed by atoms with Crippen LogP contribution in [0.3, 0.4) is 0 Å². The van der Waals surface area contributed by atoms with Crippen molar-refractivity contribution in [3.05, 3.63) is 0 Å². The summed E-state index contributed by atoms with van der Waals surface area (Å²) in [6, 6.07) is 0. The molecule has 0 bridgehead atoms. The molecule has 0 aliphatic rings. The van der Waals surface area contributed by atoms with Crippen molar-refractivity contribution in [3.63, 3.8) is 0 Å². The summed E-state index contributed by atoms with van der Waals surface area (Å²) in [5.74, 6) is 0. The highest BCUT2D eigenvalue weighted by Crippen LogP contribution is 2.09. The molecule has 0 spiro atoms. The molecule has 0 aliphatic carbocycles. The number of aliphatic hydroxyl groups excluding tert-OH is 3. The molecular weight excluding hydrogens is 244 g/mol. The molecule has 3 nitrogen and oxygen atoms in total. The van der Waals surface area contributed by atoms with Crippen molar-refractivity contribution in [2.24, 2.45) is 0 Å². The lowest BCUT2D eigenvalue weighted by molar-refractivity contribution is 0.0188. The fourth-order valence-electron chi connectivity index (χ4n) is 0.131. The summed E-state index contributed by atoms with van der Waals surface area (Å²) in [5, 5.41) is 23.4. The van der Waals surface area contributed by atoms with E-state index in [2.05, 4.69) is 31.9 Å². The molecular formula is C3H6Br2O3. The van der Waals surface area contributed by atoms with E-state index in [9.17, 15) is 0 Å². The first kappa shape index (κ1) is 8.84. The molecule has 0 aromatic heterocycles. The number of hydrogen-bond donors (Lipinski definition) is 3. The van der Waals surface area contributed by atoms with E-state index in [1.54, 1.807) is 0 Å². The first-order valence-electron chi connectivity index (χ1n) is 1.88. The van der Waals surface area contributed by atoms with Crippen LogP contribution in [0.4, 0.5) is 0 Å². The summed E-state index contributed by atoms with van der Waals surface area (Å²) < 4.78 is 0. The van der Waals surface area contributed by atoms with Crippen LogP contribution >= 0.6 is 31.9 Å². The number of halogens is 2. The van der Waals surface area contributed by atoms with E-state index in [1.807, 2.05) is 0 Å². The molecule has 0 radical (unpaired) electrons. The Morgan fingerprint density at radius 3 is 1.12 bits per heavy atom. The largest absolute Gasteiger partial charge is 0.386 e. The van der Waals surface area contributed by atoms with Gasteiger partial charge < -0.3 is 15.3 Å². The minimum Gasteiger partial charge on any atom is -0.386 e. The first-order valence-corrected chi connectivity index (χ1v) is 3.71. The Balaban J connectivity index is 3.46. The van der Waals surface area contributed by atoms with Gasteiger partial charge in [0.25, 0.3) is 0 Å². The van der Waals surface area contributed by atoms with Crippen molar-refractivity contribution >= 4 is 31.9 Å². The van der Waals surface area contributed by atoms with Crippen LogP contribution in [0, 0.1) is 0 Å². The lowest BCUT2D eigenvalue weighted by Crippen LogP contribution is -2.29. The van der Waals surface area contributed by atoms with Gasteiger partial charge in [0, 0.05) is 0 Å². The molecule has 5 heteroatoms. The molecule has 0 rings (SSSR count). The van der Waals surface area contributed by atoms with Crippen molar-refractivity contribution in [2.75, 3.05) is 0 Å². The zero-order valence-electron chi connectivity index (χ0n) is 3.83. The summed E-state index contributed by atoms with van der Waals surface area (Å²) in [7, 11) is 0. The number of rotatable bonds is 2. The van der Waals surface area contributed by atoms with Crippen LogP contribution in [0.5, 0.6) is 0 Å². The lowest BCUT2D eigenvalue weighted by atomic mass is 10.4. The number of aliphatic hydroxyl groups is 3. The maximum atomic E-state index is 8.61. The van der Waals surface area contributed by atoms with E-state index in [0.29, 0.717) is 0 Å². The van der Waals surface area contributed by atoms with Crippen molar-refractivity contribution in [1.82, 2.24) is 0 Å². The highest BCUT2D eigenvalue weighted by molar-refractivity contribution is 9.10. The maximum absolute atomic E-state index is 8.61. The molecule has 0 amide bonds. The summed E-state index contributed by atoms with van der Waals surface area (Å²) in [5.41, 5.74) is 0. The van der Waals surface area contributed by atoms with E-state index in [-0.39, 0.29) is 0 Å². The molecule has 0 heterocycles. The zero-order chi connectivity index (χ0) is 6.73. The second-order valence-electron chi connectivity index (χ2n) is 1.24. The maximum Gasteiger partial charge on any atom is 0.138 e. The van der Waals surface area contributed by atoms with Gasteiger partial charge in [-0.2, -0.15) is 0 Å². The van der Waals surface area contributed by atoms with E-state index in [1.165, 1.54) is 0 Å². The van der Waals surface area contributed by atoms with Gasteiger partial charge in [-0.05, 0) is 0 Å². The molecule has 2 unspecified atom stereocenters. The summed E-state index contributed by atoms with van der Waals surface area (Å²) >= 11 is 5.31. The number of hydrogen-bond acceptors (Lipinski definition) is 3.